The van der Waals surface area contributed by atoms with Crippen molar-refractivity contribution in [3.63, 3.8) is 0 Å². The molecule has 2 aromatic rings. The second kappa shape index (κ2) is 4.55. The number of carbonyl (C=O) groups is 1. The number of pyridine rings is 1. The molecular formula is C19H20N2O. The predicted molar refractivity (Wildman–Crippen MR) is 85.6 cm³/mol. The molecule has 3 nitrogen and oxygen atoms in total. The highest BCUT2D eigenvalue weighted by molar-refractivity contribution is 5.80. The number of rotatable bonds is 0. The molecule has 2 aliphatic heterocycles. The van der Waals surface area contributed by atoms with Crippen molar-refractivity contribution in [3.8, 4) is 0 Å². The molecule has 112 valence electrons. The third-order valence-corrected chi connectivity index (χ3v) is 5.91. The van der Waals surface area contributed by atoms with Crippen LogP contribution in [0.4, 0.5) is 0 Å². The average molecular weight is 292 g/mol. The van der Waals surface area contributed by atoms with Crippen LogP contribution in [0.25, 0.3) is 10.9 Å². The number of aromatic nitrogens is 1. The van der Waals surface area contributed by atoms with Crippen LogP contribution in [0, 0.1) is 5.92 Å². The number of fused-ring (bicyclic) bond motifs is 3. The summed E-state index contributed by atoms with van der Waals surface area (Å²) in [6.07, 6.45) is 5.12. The highest BCUT2D eigenvalue weighted by atomic mass is 16.2. The third kappa shape index (κ3) is 1.68. The number of carbonyl (C=O) groups excluding carboxylic acids is 1. The maximum absolute atomic E-state index is 12.4. The number of nitrogens with zero attached hydrogens (tertiary/aromatic N) is 2. The van der Waals surface area contributed by atoms with Crippen LogP contribution in [0.5, 0.6) is 0 Å². The molecule has 1 aliphatic carbocycles. The predicted octanol–water partition coefficient (Wildman–Crippen LogP) is 3.28. The summed E-state index contributed by atoms with van der Waals surface area (Å²) in [6, 6.07) is 11.2. The molecule has 0 bridgehead atoms. The van der Waals surface area contributed by atoms with Crippen LogP contribution in [0.15, 0.2) is 30.3 Å². The summed E-state index contributed by atoms with van der Waals surface area (Å²) in [5.74, 6) is 1.50. The van der Waals surface area contributed by atoms with E-state index in [2.05, 4.69) is 35.2 Å². The van der Waals surface area contributed by atoms with E-state index in [0.717, 1.165) is 37.7 Å². The van der Waals surface area contributed by atoms with Crippen LogP contribution in [0.3, 0.4) is 0 Å². The van der Waals surface area contributed by atoms with Gasteiger partial charge in [0.25, 0.3) is 0 Å². The van der Waals surface area contributed by atoms with E-state index in [1.54, 1.807) is 0 Å². The lowest BCUT2D eigenvalue weighted by Gasteiger charge is -2.37. The molecule has 3 heteroatoms. The van der Waals surface area contributed by atoms with Gasteiger partial charge in [0.05, 0.1) is 5.52 Å². The third-order valence-electron chi connectivity index (χ3n) is 5.91. The molecular weight excluding hydrogens is 272 g/mol. The number of hydrogen-bond acceptors (Lipinski definition) is 2. The summed E-state index contributed by atoms with van der Waals surface area (Å²) in [7, 11) is 0. The van der Waals surface area contributed by atoms with E-state index in [1.807, 2.05) is 0 Å². The van der Waals surface area contributed by atoms with Gasteiger partial charge in [-0.25, -0.2) is 0 Å². The first-order valence-electron chi connectivity index (χ1n) is 8.49. The summed E-state index contributed by atoms with van der Waals surface area (Å²) in [6.45, 7) is 0.941. The van der Waals surface area contributed by atoms with Gasteiger partial charge in [0.2, 0.25) is 5.91 Å². The fraction of sp³-hybridized carbons (Fsp3) is 0.474. The molecule has 0 N–H and O–H groups in total. The van der Waals surface area contributed by atoms with Gasteiger partial charge in [0.15, 0.2) is 0 Å². The lowest BCUT2D eigenvalue weighted by atomic mass is 9.74. The highest BCUT2D eigenvalue weighted by Crippen LogP contribution is 2.47. The Balaban J connectivity index is 1.67. The van der Waals surface area contributed by atoms with E-state index in [9.17, 15) is 4.79 Å². The molecule has 0 unspecified atom stereocenters. The normalized spacial score (nSPS) is 30.1. The van der Waals surface area contributed by atoms with E-state index in [4.69, 9.17) is 4.98 Å². The van der Waals surface area contributed by atoms with Crippen molar-refractivity contribution < 1.29 is 4.79 Å². The molecule has 2 fully saturated rings. The number of para-hydroxylation sites is 1. The Labute approximate surface area is 130 Å². The maximum Gasteiger partial charge on any atom is 0.222 e. The van der Waals surface area contributed by atoms with Gasteiger partial charge in [-0.3, -0.25) is 9.78 Å². The van der Waals surface area contributed by atoms with Crippen molar-refractivity contribution in [1.82, 2.24) is 9.88 Å². The molecule has 3 aliphatic rings. The number of hydrogen-bond donors (Lipinski definition) is 0. The zero-order valence-corrected chi connectivity index (χ0v) is 12.7. The summed E-state index contributed by atoms with van der Waals surface area (Å²) >= 11 is 0. The van der Waals surface area contributed by atoms with Gasteiger partial charge in [-0.1, -0.05) is 18.2 Å². The monoisotopic (exact) mass is 292 g/mol. The van der Waals surface area contributed by atoms with Gasteiger partial charge in [-0.15, -0.1) is 0 Å². The largest absolute Gasteiger partial charge is 0.339 e. The molecule has 0 radical (unpaired) electrons. The van der Waals surface area contributed by atoms with E-state index in [1.165, 1.54) is 23.1 Å². The van der Waals surface area contributed by atoms with Gasteiger partial charge in [-0.2, -0.15) is 0 Å². The van der Waals surface area contributed by atoms with Crippen LogP contribution in [0.1, 0.15) is 42.9 Å². The van der Waals surface area contributed by atoms with Crippen molar-refractivity contribution >= 4 is 16.8 Å². The molecule has 2 saturated heterocycles. The molecule has 5 rings (SSSR count). The standard InChI is InChI=1S/C19H20N2O/c22-18-7-3-5-13-11-17-15(14-8-9-21(18)19(13)14)10-12-4-1-2-6-16(12)20-17/h1-2,4,6,10,13-14,19H,3,5,7-9,11H2/t13-,14+,19-/m1/s1. The molecule has 22 heavy (non-hydrogen) atoms. The van der Waals surface area contributed by atoms with Crippen molar-refractivity contribution in [2.24, 2.45) is 5.92 Å². The molecule has 0 spiro atoms. The van der Waals surface area contributed by atoms with Crippen molar-refractivity contribution in [2.75, 3.05) is 6.54 Å². The Morgan fingerprint density at radius 1 is 1.18 bits per heavy atom. The van der Waals surface area contributed by atoms with E-state index in [0.29, 0.717) is 23.8 Å². The minimum atomic E-state index is 0.382. The van der Waals surface area contributed by atoms with E-state index >= 15 is 0 Å². The minimum Gasteiger partial charge on any atom is -0.339 e. The molecule has 1 aromatic heterocycles. The van der Waals surface area contributed by atoms with Gasteiger partial charge in [0, 0.05) is 36.0 Å². The lowest BCUT2D eigenvalue weighted by Crippen LogP contribution is -2.43. The molecule has 1 aromatic carbocycles. The van der Waals surface area contributed by atoms with Gasteiger partial charge < -0.3 is 4.90 Å². The molecule has 3 atom stereocenters. The first kappa shape index (κ1) is 12.6. The zero-order chi connectivity index (χ0) is 14.7. The second-order valence-electron chi connectivity index (χ2n) is 7.05. The van der Waals surface area contributed by atoms with Crippen LogP contribution in [0.2, 0.25) is 0 Å². The Kier molecular flexibility index (Phi) is 2.61. The lowest BCUT2D eigenvalue weighted by molar-refractivity contribution is -0.132. The SMILES string of the molecule is O=C1CCC[C@@H]2Cc3nc4ccccc4cc3[C@@H]3CCN1[C@H]23. The zero-order valence-electron chi connectivity index (χ0n) is 12.7. The number of benzene rings is 1. The summed E-state index contributed by atoms with van der Waals surface area (Å²) in [5, 5.41) is 1.23. The Morgan fingerprint density at radius 3 is 3.05 bits per heavy atom. The first-order chi connectivity index (χ1) is 10.8. The minimum absolute atomic E-state index is 0.382. The fourth-order valence-electron chi connectivity index (χ4n) is 4.99. The van der Waals surface area contributed by atoms with E-state index < -0.39 is 0 Å². The maximum atomic E-state index is 12.4. The van der Waals surface area contributed by atoms with Crippen molar-refractivity contribution in [2.45, 2.75) is 44.1 Å². The Hall–Kier alpha value is -1.90. The smallest absolute Gasteiger partial charge is 0.222 e. The average Bonchev–Trinajstić information content (AvgIpc) is 2.92. The summed E-state index contributed by atoms with van der Waals surface area (Å²) in [5.41, 5.74) is 3.82. The van der Waals surface area contributed by atoms with Crippen LogP contribution >= 0.6 is 0 Å². The molecule has 3 heterocycles. The van der Waals surface area contributed by atoms with Crippen LogP contribution in [-0.4, -0.2) is 28.4 Å². The topological polar surface area (TPSA) is 33.2 Å². The highest BCUT2D eigenvalue weighted by Gasteiger charge is 2.47. The van der Waals surface area contributed by atoms with Gasteiger partial charge in [-0.05, 0) is 49.3 Å². The summed E-state index contributed by atoms with van der Waals surface area (Å²) in [4.78, 5) is 19.5. The fourth-order valence-corrected chi connectivity index (χ4v) is 4.99. The quantitative estimate of drug-likeness (QED) is 0.746. The van der Waals surface area contributed by atoms with E-state index in [-0.39, 0.29) is 0 Å². The van der Waals surface area contributed by atoms with Gasteiger partial charge >= 0.3 is 0 Å². The van der Waals surface area contributed by atoms with Crippen LogP contribution in [-0.2, 0) is 11.2 Å². The molecule has 0 saturated carbocycles. The number of amides is 1. The van der Waals surface area contributed by atoms with Crippen LogP contribution < -0.4 is 0 Å². The first-order valence-corrected chi connectivity index (χ1v) is 8.49. The summed E-state index contributed by atoms with van der Waals surface area (Å²) < 4.78 is 0. The van der Waals surface area contributed by atoms with Crippen molar-refractivity contribution in [1.29, 1.82) is 0 Å². The second-order valence-corrected chi connectivity index (χ2v) is 7.05. The Morgan fingerprint density at radius 2 is 2.09 bits per heavy atom. The Bertz CT molecular complexity index is 769. The van der Waals surface area contributed by atoms with Crippen molar-refractivity contribution in [3.05, 3.63) is 41.6 Å². The molecule has 1 amide bonds. The van der Waals surface area contributed by atoms with Gasteiger partial charge in [0.1, 0.15) is 0 Å².